The molecule has 0 heterocycles. The summed E-state index contributed by atoms with van der Waals surface area (Å²) < 4.78 is 29.8. The zero-order valence-corrected chi connectivity index (χ0v) is 20.7. The fourth-order valence-corrected chi connectivity index (χ4v) is 3.56. The van der Waals surface area contributed by atoms with Gasteiger partial charge in [0.25, 0.3) is 0 Å². The van der Waals surface area contributed by atoms with Gasteiger partial charge in [-0.2, -0.15) is 0 Å². The van der Waals surface area contributed by atoms with Gasteiger partial charge in [-0.15, -0.1) is 0 Å². The van der Waals surface area contributed by atoms with Crippen LogP contribution in [0.4, 0.5) is 0 Å². The molecule has 0 aliphatic rings. The SMILES string of the molecule is O=C(O)C(CCCCCCCC/C=C/C/C=C/C/C=C/CCOP(=O)(O)O)COP(=O)(O)O. The minimum atomic E-state index is -4.64. The molecule has 0 amide bonds. The standard InChI is InChI=1S/C21H38O10P2/c22-21(23)20(19-31-33(27,28)29)17-15-13-11-9-7-5-3-1-2-4-6-8-10-12-14-16-18-30-32(24,25)26/h1-2,6,8,12,14,20H,3-5,7,9-11,13,15-19H2,(H,22,23)(H2,24,25,26)(H2,27,28,29)/b2-1+,8-6+,14-12+. The molecule has 0 spiro atoms. The molecule has 1 atom stereocenters. The number of carbonyl (C=O) groups is 1. The van der Waals surface area contributed by atoms with Crippen LogP contribution in [0.15, 0.2) is 36.5 Å². The molecule has 0 aromatic rings. The van der Waals surface area contributed by atoms with Crippen molar-refractivity contribution in [1.29, 1.82) is 0 Å². The number of rotatable bonds is 21. The Kier molecular flexibility index (Phi) is 18.6. The van der Waals surface area contributed by atoms with Crippen LogP contribution in [0.1, 0.15) is 70.6 Å². The van der Waals surface area contributed by atoms with Crippen molar-refractivity contribution in [3.8, 4) is 0 Å². The highest BCUT2D eigenvalue weighted by Gasteiger charge is 2.22. The van der Waals surface area contributed by atoms with E-state index < -0.39 is 34.1 Å². The number of phosphoric ester groups is 2. The van der Waals surface area contributed by atoms with Crippen LogP contribution in [0.5, 0.6) is 0 Å². The third-order valence-electron chi connectivity index (χ3n) is 4.55. The van der Waals surface area contributed by atoms with E-state index in [2.05, 4.69) is 27.3 Å². The van der Waals surface area contributed by atoms with E-state index in [1.54, 1.807) is 0 Å². The number of aliphatic carboxylic acids is 1. The Hall–Kier alpha value is -1.09. The Morgan fingerprint density at radius 3 is 1.73 bits per heavy atom. The second kappa shape index (κ2) is 19.2. The van der Waals surface area contributed by atoms with E-state index >= 15 is 0 Å². The number of allylic oxidation sites excluding steroid dienone is 5. The molecule has 1 unspecified atom stereocenters. The minimum Gasteiger partial charge on any atom is -0.481 e. The maximum atomic E-state index is 11.1. The molecule has 33 heavy (non-hydrogen) atoms. The summed E-state index contributed by atoms with van der Waals surface area (Å²) >= 11 is 0. The molecule has 12 heteroatoms. The maximum absolute atomic E-state index is 11.1. The van der Waals surface area contributed by atoms with Gasteiger partial charge in [0.1, 0.15) is 0 Å². The summed E-state index contributed by atoms with van der Waals surface area (Å²) in [6.45, 7) is -0.481. The second-order valence-corrected chi connectivity index (χ2v) is 10.00. The molecule has 0 fully saturated rings. The van der Waals surface area contributed by atoms with Gasteiger partial charge in [-0.05, 0) is 38.5 Å². The summed E-state index contributed by atoms with van der Waals surface area (Å²) in [7, 11) is -9.01. The van der Waals surface area contributed by atoms with Gasteiger partial charge in [0.2, 0.25) is 0 Å². The lowest BCUT2D eigenvalue weighted by molar-refractivity contribution is -0.143. The van der Waals surface area contributed by atoms with Crippen molar-refractivity contribution in [2.24, 2.45) is 5.92 Å². The zero-order valence-electron chi connectivity index (χ0n) is 18.9. The third kappa shape index (κ3) is 25.4. The van der Waals surface area contributed by atoms with Crippen LogP contribution in [-0.2, 0) is 23.0 Å². The Morgan fingerprint density at radius 1 is 0.697 bits per heavy atom. The molecule has 0 rings (SSSR count). The summed E-state index contributed by atoms with van der Waals surface area (Å²) in [5, 5.41) is 9.06. The van der Waals surface area contributed by atoms with Crippen molar-refractivity contribution in [1.82, 2.24) is 0 Å². The summed E-state index contributed by atoms with van der Waals surface area (Å²) in [5.74, 6) is -2.00. The van der Waals surface area contributed by atoms with Gasteiger partial charge in [-0.3, -0.25) is 13.8 Å². The molecule has 192 valence electrons. The van der Waals surface area contributed by atoms with E-state index in [9.17, 15) is 13.9 Å². The van der Waals surface area contributed by atoms with E-state index in [-0.39, 0.29) is 6.61 Å². The van der Waals surface area contributed by atoms with Gasteiger partial charge in [-0.1, -0.05) is 68.6 Å². The first-order valence-electron chi connectivity index (χ1n) is 11.1. The van der Waals surface area contributed by atoms with Gasteiger partial charge in [-0.25, -0.2) is 9.13 Å². The topological polar surface area (TPSA) is 171 Å². The largest absolute Gasteiger partial charge is 0.481 e. The fourth-order valence-electron chi connectivity index (χ4n) is 2.84. The molecule has 0 saturated heterocycles. The van der Waals surface area contributed by atoms with Gasteiger partial charge in [0.15, 0.2) is 0 Å². The molecule has 10 nitrogen and oxygen atoms in total. The Labute approximate surface area is 195 Å². The molecule has 0 aromatic carbocycles. The quantitative estimate of drug-likeness (QED) is 0.0812. The average Bonchev–Trinajstić information content (AvgIpc) is 2.70. The van der Waals surface area contributed by atoms with Gasteiger partial charge < -0.3 is 24.7 Å². The second-order valence-electron chi connectivity index (χ2n) is 7.52. The first-order valence-corrected chi connectivity index (χ1v) is 14.2. The number of hydrogen-bond donors (Lipinski definition) is 5. The molecular formula is C21H38O10P2. The van der Waals surface area contributed by atoms with E-state index in [0.717, 1.165) is 51.4 Å². The first-order chi connectivity index (χ1) is 15.5. The smallest absolute Gasteiger partial charge is 0.469 e. The van der Waals surface area contributed by atoms with E-state index in [1.807, 2.05) is 18.2 Å². The maximum Gasteiger partial charge on any atom is 0.469 e. The fraction of sp³-hybridized carbons (Fsp3) is 0.667. The summed E-state index contributed by atoms with van der Waals surface area (Å²) in [6, 6.07) is 0. The van der Waals surface area contributed by atoms with Crippen LogP contribution in [0.3, 0.4) is 0 Å². The Morgan fingerprint density at radius 2 is 1.18 bits per heavy atom. The van der Waals surface area contributed by atoms with Crippen LogP contribution in [0.2, 0.25) is 0 Å². The number of unbranched alkanes of at least 4 members (excludes halogenated alkanes) is 6. The van der Waals surface area contributed by atoms with E-state index in [4.69, 9.17) is 24.7 Å². The zero-order chi connectivity index (χ0) is 25.0. The van der Waals surface area contributed by atoms with Crippen molar-refractivity contribution in [2.45, 2.75) is 70.6 Å². The molecule has 0 aromatic heterocycles. The van der Waals surface area contributed by atoms with Gasteiger partial charge in [0.05, 0.1) is 19.1 Å². The normalized spacial score (nSPS) is 14.1. The summed E-state index contributed by atoms with van der Waals surface area (Å²) in [4.78, 5) is 45.5. The summed E-state index contributed by atoms with van der Waals surface area (Å²) in [6.07, 6.45) is 21.3. The molecule has 0 bridgehead atoms. The van der Waals surface area contributed by atoms with E-state index in [1.165, 1.54) is 0 Å². The van der Waals surface area contributed by atoms with Crippen LogP contribution < -0.4 is 0 Å². The molecule has 0 aliphatic carbocycles. The molecular weight excluding hydrogens is 474 g/mol. The van der Waals surface area contributed by atoms with Crippen LogP contribution >= 0.6 is 15.6 Å². The molecule has 0 radical (unpaired) electrons. The highest BCUT2D eigenvalue weighted by Crippen LogP contribution is 2.37. The molecule has 0 saturated carbocycles. The lowest BCUT2D eigenvalue weighted by Gasteiger charge is -2.13. The van der Waals surface area contributed by atoms with Crippen LogP contribution in [0.25, 0.3) is 0 Å². The summed E-state index contributed by atoms with van der Waals surface area (Å²) in [5.41, 5.74) is 0. The number of carboxylic acids is 1. The predicted octanol–water partition coefficient (Wildman–Crippen LogP) is 4.87. The van der Waals surface area contributed by atoms with Gasteiger partial charge in [0, 0.05) is 0 Å². The number of phosphoric acid groups is 2. The average molecular weight is 512 g/mol. The highest BCUT2D eigenvalue weighted by molar-refractivity contribution is 7.46. The molecule has 0 aliphatic heterocycles. The highest BCUT2D eigenvalue weighted by atomic mass is 31.2. The number of carboxylic acid groups (broad SMARTS) is 1. The van der Waals surface area contributed by atoms with Gasteiger partial charge >= 0.3 is 21.6 Å². The minimum absolute atomic E-state index is 0.00430. The van der Waals surface area contributed by atoms with Crippen LogP contribution in [-0.4, -0.2) is 43.9 Å². The van der Waals surface area contributed by atoms with Crippen molar-refractivity contribution in [2.75, 3.05) is 13.2 Å². The van der Waals surface area contributed by atoms with Crippen LogP contribution in [0, 0.1) is 5.92 Å². The van der Waals surface area contributed by atoms with E-state index in [0.29, 0.717) is 19.3 Å². The predicted molar refractivity (Wildman–Crippen MR) is 125 cm³/mol. The van der Waals surface area contributed by atoms with Crippen molar-refractivity contribution in [3.05, 3.63) is 36.5 Å². The van der Waals surface area contributed by atoms with Crippen molar-refractivity contribution >= 4 is 21.6 Å². The van der Waals surface area contributed by atoms with Crippen molar-refractivity contribution < 1.29 is 47.7 Å². The third-order valence-corrected chi connectivity index (χ3v) is 5.56. The number of hydrogen-bond acceptors (Lipinski definition) is 5. The molecule has 5 N–H and O–H groups in total. The lowest BCUT2D eigenvalue weighted by Crippen LogP contribution is -2.19. The van der Waals surface area contributed by atoms with Crippen molar-refractivity contribution in [3.63, 3.8) is 0 Å². The Balaban J connectivity index is 3.58. The Bertz CT molecular complexity index is 693. The monoisotopic (exact) mass is 512 g/mol. The lowest BCUT2D eigenvalue weighted by atomic mass is 10.0. The first kappa shape index (κ1) is 31.9.